The Morgan fingerprint density at radius 1 is 0.963 bits per heavy atom. The van der Waals surface area contributed by atoms with Gasteiger partial charge in [-0.3, -0.25) is 9.59 Å². The number of carbonyl (C=O) groups excluding carboxylic acids is 2. The minimum absolute atomic E-state index is 0.126. The Bertz CT molecular complexity index is 935. The summed E-state index contributed by atoms with van der Waals surface area (Å²) < 4.78 is 4.98. The van der Waals surface area contributed by atoms with Crippen LogP contribution in [0.15, 0.2) is 75.1 Å². The van der Waals surface area contributed by atoms with Crippen molar-refractivity contribution in [3.05, 3.63) is 77.7 Å². The van der Waals surface area contributed by atoms with E-state index in [4.69, 9.17) is 4.42 Å². The van der Waals surface area contributed by atoms with E-state index in [0.29, 0.717) is 5.69 Å². The fraction of sp³-hybridized carbons (Fsp3) is 0.143. The molecule has 1 aromatic heterocycles. The number of aryl methyl sites for hydroxylation is 2. The molecule has 0 atom stereocenters. The highest BCUT2D eigenvalue weighted by Crippen LogP contribution is 2.29. The number of nitrogens with one attached hydrogen (secondary N) is 2. The highest BCUT2D eigenvalue weighted by Gasteiger charge is 2.10. The summed E-state index contributed by atoms with van der Waals surface area (Å²) in [6.45, 7) is 4.07. The van der Waals surface area contributed by atoms with Gasteiger partial charge in [-0.15, -0.1) is 0 Å². The van der Waals surface area contributed by atoms with Crippen molar-refractivity contribution >= 4 is 29.3 Å². The minimum atomic E-state index is -0.421. The molecule has 6 heteroatoms. The molecule has 0 saturated carbocycles. The Balaban J connectivity index is 1.51. The van der Waals surface area contributed by atoms with Crippen molar-refractivity contribution in [1.29, 1.82) is 0 Å². The van der Waals surface area contributed by atoms with Gasteiger partial charge in [0.2, 0.25) is 5.91 Å². The van der Waals surface area contributed by atoms with Crippen molar-refractivity contribution in [2.45, 2.75) is 23.6 Å². The van der Waals surface area contributed by atoms with Crippen molar-refractivity contribution in [2.24, 2.45) is 0 Å². The predicted octanol–water partition coefficient (Wildman–Crippen LogP) is 4.42. The molecule has 27 heavy (non-hydrogen) atoms. The zero-order valence-electron chi connectivity index (χ0n) is 15.1. The van der Waals surface area contributed by atoms with Gasteiger partial charge >= 0.3 is 0 Å². The van der Waals surface area contributed by atoms with Gasteiger partial charge in [-0.2, -0.15) is 0 Å². The normalized spacial score (nSPS) is 10.4. The second-order valence-corrected chi connectivity index (χ2v) is 7.23. The lowest BCUT2D eigenvalue weighted by Crippen LogP contribution is -2.32. The quantitative estimate of drug-likeness (QED) is 0.664. The summed E-state index contributed by atoms with van der Waals surface area (Å²) >= 11 is 1.67. The van der Waals surface area contributed by atoms with E-state index in [0.717, 1.165) is 4.90 Å². The summed E-state index contributed by atoms with van der Waals surface area (Å²) in [6, 6.07) is 17.1. The van der Waals surface area contributed by atoms with Crippen LogP contribution >= 0.6 is 11.8 Å². The maximum absolute atomic E-state index is 12.0. The van der Waals surface area contributed by atoms with E-state index in [-0.39, 0.29) is 18.2 Å². The topological polar surface area (TPSA) is 71.3 Å². The molecule has 0 fully saturated rings. The standard InChI is InChI=1S/C21H20N2O3S/c1-14-5-8-18(12-15(14)2)27-17-9-6-16(7-10-17)23-20(24)13-22-21(25)19-4-3-11-26-19/h3-12H,13H2,1-2H3,(H,22,25)(H,23,24). The van der Waals surface area contributed by atoms with Gasteiger partial charge in [-0.1, -0.05) is 17.8 Å². The zero-order valence-corrected chi connectivity index (χ0v) is 15.9. The first-order valence-electron chi connectivity index (χ1n) is 8.48. The lowest BCUT2D eigenvalue weighted by atomic mass is 10.1. The summed E-state index contributed by atoms with van der Waals surface area (Å²) in [5.41, 5.74) is 3.22. The van der Waals surface area contributed by atoms with Crippen LogP contribution in [0.4, 0.5) is 5.69 Å². The van der Waals surface area contributed by atoms with Gasteiger partial charge in [-0.05, 0) is 73.5 Å². The van der Waals surface area contributed by atoms with E-state index in [1.54, 1.807) is 23.9 Å². The first-order valence-corrected chi connectivity index (χ1v) is 9.29. The fourth-order valence-electron chi connectivity index (χ4n) is 2.38. The van der Waals surface area contributed by atoms with Crippen LogP contribution < -0.4 is 10.6 Å². The smallest absolute Gasteiger partial charge is 0.287 e. The Morgan fingerprint density at radius 2 is 1.70 bits per heavy atom. The van der Waals surface area contributed by atoms with Crippen molar-refractivity contribution in [2.75, 3.05) is 11.9 Å². The lowest BCUT2D eigenvalue weighted by Gasteiger charge is -2.08. The number of hydrogen-bond donors (Lipinski definition) is 2. The van der Waals surface area contributed by atoms with Gasteiger partial charge in [-0.25, -0.2) is 0 Å². The Labute approximate surface area is 162 Å². The third-order valence-corrected chi connectivity index (χ3v) is 5.00. The Kier molecular flexibility index (Phi) is 5.98. The van der Waals surface area contributed by atoms with Crippen LogP contribution in [0.5, 0.6) is 0 Å². The van der Waals surface area contributed by atoms with Crippen molar-refractivity contribution in [3.8, 4) is 0 Å². The van der Waals surface area contributed by atoms with Crippen LogP contribution in [0.2, 0.25) is 0 Å². The molecular weight excluding hydrogens is 360 g/mol. The molecule has 0 aliphatic rings. The Hall–Kier alpha value is -2.99. The summed E-state index contributed by atoms with van der Waals surface area (Å²) in [7, 11) is 0. The number of carbonyl (C=O) groups is 2. The third kappa shape index (κ3) is 5.24. The first kappa shape index (κ1) is 18.8. The number of anilines is 1. The van der Waals surface area contributed by atoms with Gasteiger partial charge in [0.15, 0.2) is 5.76 Å². The second-order valence-electron chi connectivity index (χ2n) is 6.08. The lowest BCUT2D eigenvalue weighted by molar-refractivity contribution is -0.115. The van der Waals surface area contributed by atoms with Crippen LogP contribution in [0.1, 0.15) is 21.7 Å². The minimum Gasteiger partial charge on any atom is -0.459 e. The maximum Gasteiger partial charge on any atom is 0.287 e. The number of rotatable bonds is 6. The van der Waals surface area contributed by atoms with Gasteiger partial charge in [0.1, 0.15) is 0 Å². The zero-order chi connectivity index (χ0) is 19.2. The molecular formula is C21H20N2O3S. The van der Waals surface area contributed by atoms with E-state index in [9.17, 15) is 9.59 Å². The van der Waals surface area contributed by atoms with Crippen LogP contribution in [-0.2, 0) is 4.79 Å². The molecule has 0 unspecified atom stereocenters. The van der Waals surface area contributed by atoms with Crippen LogP contribution in [0.3, 0.4) is 0 Å². The fourth-order valence-corrected chi connectivity index (χ4v) is 3.30. The van der Waals surface area contributed by atoms with Crippen LogP contribution in [0.25, 0.3) is 0 Å². The monoisotopic (exact) mass is 380 g/mol. The molecule has 0 bridgehead atoms. The summed E-state index contributed by atoms with van der Waals surface area (Å²) in [5, 5.41) is 5.27. The van der Waals surface area contributed by atoms with Crippen LogP contribution in [0, 0.1) is 13.8 Å². The average Bonchev–Trinajstić information content (AvgIpc) is 3.19. The molecule has 0 spiro atoms. The van der Waals surface area contributed by atoms with E-state index >= 15 is 0 Å². The molecule has 2 aromatic carbocycles. The molecule has 0 saturated heterocycles. The molecule has 2 N–H and O–H groups in total. The first-order chi connectivity index (χ1) is 13.0. The third-order valence-electron chi connectivity index (χ3n) is 4.01. The Morgan fingerprint density at radius 3 is 2.37 bits per heavy atom. The van der Waals surface area contributed by atoms with Gasteiger partial charge < -0.3 is 15.1 Å². The SMILES string of the molecule is Cc1ccc(Sc2ccc(NC(=O)CNC(=O)c3ccco3)cc2)cc1C. The van der Waals surface area contributed by atoms with Crippen molar-refractivity contribution in [1.82, 2.24) is 5.32 Å². The highest BCUT2D eigenvalue weighted by atomic mass is 32.2. The number of hydrogen-bond acceptors (Lipinski definition) is 4. The molecule has 0 aliphatic heterocycles. The molecule has 2 amide bonds. The van der Waals surface area contributed by atoms with Crippen molar-refractivity contribution < 1.29 is 14.0 Å². The summed E-state index contributed by atoms with van der Waals surface area (Å²) in [5.74, 6) is -0.546. The predicted molar refractivity (Wildman–Crippen MR) is 106 cm³/mol. The molecule has 5 nitrogen and oxygen atoms in total. The average molecular weight is 380 g/mol. The van der Waals surface area contributed by atoms with Crippen LogP contribution in [-0.4, -0.2) is 18.4 Å². The van der Waals surface area contributed by atoms with Gasteiger partial charge in [0.05, 0.1) is 12.8 Å². The van der Waals surface area contributed by atoms with Gasteiger partial charge in [0, 0.05) is 15.5 Å². The molecule has 3 aromatic rings. The maximum atomic E-state index is 12.0. The number of benzene rings is 2. The summed E-state index contributed by atoms with van der Waals surface area (Å²) in [4.78, 5) is 26.0. The molecule has 138 valence electrons. The van der Waals surface area contributed by atoms with Crippen molar-refractivity contribution in [3.63, 3.8) is 0 Å². The molecule has 0 aliphatic carbocycles. The number of furan rings is 1. The molecule has 0 radical (unpaired) electrons. The van der Waals surface area contributed by atoms with E-state index < -0.39 is 5.91 Å². The highest BCUT2D eigenvalue weighted by molar-refractivity contribution is 7.99. The number of amides is 2. The van der Waals surface area contributed by atoms with E-state index in [1.165, 1.54) is 22.3 Å². The summed E-state index contributed by atoms with van der Waals surface area (Å²) in [6.07, 6.45) is 1.41. The largest absolute Gasteiger partial charge is 0.459 e. The molecule has 1 heterocycles. The molecule has 3 rings (SSSR count). The second kappa shape index (κ2) is 8.60. The van der Waals surface area contributed by atoms with E-state index in [2.05, 4.69) is 42.7 Å². The van der Waals surface area contributed by atoms with Gasteiger partial charge in [0.25, 0.3) is 5.91 Å². The van der Waals surface area contributed by atoms with E-state index in [1.807, 2.05) is 24.3 Å².